The molecule has 2 rings (SSSR count). The highest BCUT2D eigenvalue weighted by Crippen LogP contribution is 2.26. The summed E-state index contributed by atoms with van der Waals surface area (Å²) < 4.78 is 44.3. The number of carboxylic acids is 1. The second-order valence-electron chi connectivity index (χ2n) is 4.61. The van der Waals surface area contributed by atoms with Gasteiger partial charge in [0.15, 0.2) is 18.2 Å². The molecular weight excluding hydrogens is 301 g/mol. The highest BCUT2D eigenvalue weighted by Gasteiger charge is 2.29. The Kier molecular flexibility index (Phi) is 4.29. The predicted octanol–water partition coefficient (Wildman–Crippen LogP) is 1.24. The molecule has 6 nitrogen and oxygen atoms in total. The molecule has 114 valence electrons. The molecule has 0 unspecified atom stereocenters. The van der Waals surface area contributed by atoms with Gasteiger partial charge in [-0.25, -0.2) is 17.6 Å². The molecule has 1 fully saturated rings. The fourth-order valence-corrected chi connectivity index (χ4v) is 3.42. The zero-order valence-electron chi connectivity index (χ0n) is 11.1. The van der Waals surface area contributed by atoms with Gasteiger partial charge in [0.2, 0.25) is 10.0 Å². The summed E-state index contributed by atoms with van der Waals surface area (Å²) in [5.74, 6) is -2.47. The lowest BCUT2D eigenvalue weighted by Crippen LogP contribution is -2.28. The van der Waals surface area contributed by atoms with Gasteiger partial charge in [0.25, 0.3) is 0 Å². The minimum Gasteiger partial charge on any atom is -0.479 e. The van der Waals surface area contributed by atoms with Crippen LogP contribution in [-0.2, 0) is 14.8 Å². The zero-order chi connectivity index (χ0) is 15.6. The fraction of sp³-hybridized carbons (Fsp3) is 0.308. The highest BCUT2D eigenvalue weighted by atomic mass is 32.2. The molecule has 0 atom stereocenters. The molecule has 0 radical (unpaired) electrons. The SMILES string of the molecule is C=C1CCN(S(=O)(=O)c2ccc(OCC(=O)O)c(F)c2)C1. The van der Waals surface area contributed by atoms with Gasteiger partial charge in [-0.05, 0) is 24.6 Å². The lowest BCUT2D eigenvalue weighted by molar-refractivity contribution is -0.139. The molecule has 1 heterocycles. The maximum Gasteiger partial charge on any atom is 0.341 e. The topological polar surface area (TPSA) is 83.9 Å². The summed E-state index contributed by atoms with van der Waals surface area (Å²) in [6, 6.07) is 3.13. The Bertz CT molecular complexity index is 686. The monoisotopic (exact) mass is 315 g/mol. The molecule has 21 heavy (non-hydrogen) atoms. The van der Waals surface area contributed by atoms with E-state index in [2.05, 4.69) is 6.58 Å². The van der Waals surface area contributed by atoms with Gasteiger partial charge < -0.3 is 9.84 Å². The number of halogens is 1. The summed E-state index contributed by atoms with van der Waals surface area (Å²) in [5, 5.41) is 8.46. The van der Waals surface area contributed by atoms with Crippen molar-refractivity contribution < 1.29 is 27.4 Å². The fourth-order valence-electron chi connectivity index (χ4n) is 1.94. The first-order valence-corrected chi connectivity index (χ1v) is 7.55. The molecule has 1 saturated heterocycles. The van der Waals surface area contributed by atoms with Crippen LogP contribution in [-0.4, -0.2) is 43.5 Å². The predicted molar refractivity (Wildman–Crippen MR) is 72.0 cm³/mol. The minimum absolute atomic E-state index is 0.197. The molecular formula is C13H14FNO5S. The summed E-state index contributed by atoms with van der Waals surface area (Å²) >= 11 is 0. The van der Waals surface area contributed by atoms with E-state index in [9.17, 15) is 17.6 Å². The van der Waals surface area contributed by atoms with Crippen molar-refractivity contribution >= 4 is 16.0 Å². The average Bonchev–Trinajstić information content (AvgIpc) is 2.84. The summed E-state index contributed by atoms with van der Waals surface area (Å²) in [4.78, 5) is 10.2. The van der Waals surface area contributed by atoms with Gasteiger partial charge in [-0.1, -0.05) is 12.2 Å². The molecule has 1 aliphatic rings. The maximum atomic E-state index is 13.8. The van der Waals surface area contributed by atoms with Crippen molar-refractivity contribution in [2.75, 3.05) is 19.7 Å². The van der Waals surface area contributed by atoms with Crippen molar-refractivity contribution in [3.63, 3.8) is 0 Å². The number of ether oxygens (including phenoxy) is 1. The second kappa shape index (κ2) is 5.82. The van der Waals surface area contributed by atoms with Crippen LogP contribution in [0, 0.1) is 5.82 Å². The number of carboxylic acid groups (broad SMARTS) is 1. The van der Waals surface area contributed by atoms with E-state index in [1.54, 1.807) is 0 Å². The van der Waals surface area contributed by atoms with E-state index in [0.717, 1.165) is 17.7 Å². The molecule has 1 N–H and O–H groups in total. The Labute approximate surface area is 121 Å². The van der Waals surface area contributed by atoms with Crippen molar-refractivity contribution in [3.8, 4) is 5.75 Å². The maximum absolute atomic E-state index is 13.8. The van der Waals surface area contributed by atoms with Crippen LogP contribution in [0.25, 0.3) is 0 Å². The Balaban J connectivity index is 2.23. The Morgan fingerprint density at radius 1 is 1.48 bits per heavy atom. The number of hydrogen-bond acceptors (Lipinski definition) is 4. The van der Waals surface area contributed by atoms with Crippen LogP contribution in [0.3, 0.4) is 0 Å². The summed E-state index contributed by atoms with van der Waals surface area (Å²) in [6.45, 7) is 3.57. The van der Waals surface area contributed by atoms with Crippen molar-refractivity contribution in [3.05, 3.63) is 36.2 Å². The lowest BCUT2D eigenvalue weighted by atomic mass is 10.3. The normalized spacial score (nSPS) is 16.1. The van der Waals surface area contributed by atoms with Crippen molar-refractivity contribution in [1.82, 2.24) is 4.31 Å². The molecule has 0 aliphatic carbocycles. The van der Waals surface area contributed by atoms with Gasteiger partial charge in [-0.2, -0.15) is 4.31 Å². The van der Waals surface area contributed by atoms with Gasteiger partial charge in [0.1, 0.15) is 0 Å². The van der Waals surface area contributed by atoms with Crippen molar-refractivity contribution in [1.29, 1.82) is 0 Å². The first kappa shape index (κ1) is 15.5. The van der Waals surface area contributed by atoms with E-state index in [-0.39, 0.29) is 17.2 Å². The van der Waals surface area contributed by atoms with Crippen LogP contribution in [0.1, 0.15) is 6.42 Å². The molecule has 0 spiro atoms. The Morgan fingerprint density at radius 2 is 2.19 bits per heavy atom. The largest absolute Gasteiger partial charge is 0.479 e. The number of aliphatic carboxylic acids is 1. The average molecular weight is 315 g/mol. The highest BCUT2D eigenvalue weighted by molar-refractivity contribution is 7.89. The molecule has 0 amide bonds. The molecule has 0 bridgehead atoms. The van der Waals surface area contributed by atoms with E-state index in [1.807, 2.05) is 0 Å². The first-order chi connectivity index (χ1) is 9.80. The second-order valence-corrected chi connectivity index (χ2v) is 6.55. The smallest absolute Gasteiger partial charge is 0.341 e. The number of hydrogen-bond donors (Lipinski definition) is 1. The zero-order valence-corrected chi connectivity index (χ0v) is 11.9. The van der Waals surface area contributed by atoms with Gasteiger partial charge in [0.05, 0.1) is 4.90 Å². The number of carbonyl (C=O) groups is 1. The third-order valence-corrected chi connectivity index (χ3v) is 4.85. The number of nitrogens with zero attached hydrogens (tertiary/aromatic N) is 1. The number of rotatable bonds is 5. The van der Waals surface area contributed by atoms with E-state index >= 15 is 0 Å². The Hall–Kier alpha value is -1.93. The minimum atomic E-state index is -3.78. The standard InChI is InChI=1S/C13H14FNO5S/c1-9-4-5-15(7-9)21(18,19)10-2-3-12(11(14)6-10)20-8-13(16)17/h2-3,6H,1,4-5,7-8H2,(H,16,17). The third-order valence-electron chi connectivity index (χ3n) is 3.01. The Morgan fingerprint density at radius 3 is 2.71 bits per heavy atom. The molecule has 0 saturated carbocycles. The summed E-state index contributed by atoms with van der Waals surface area (Å²) in [5.41, 5.74) is 0.806. The number of sulfonamides is 1. The van der Waals surface area contributed by atoms with Gasteiger partial charge in [-0.3, -0.25) is 0 Å². The van der Waals surface area contributed by atoms with Crippen molar-refractivity contribution in [2.45, 2.75) is 11.3 Å². The van der Waals surface area contributed by atoms with Crippen LogP contribution < -0.4 is 4.74 Å². The van der Waals surface area contributed by atoms with Crippen LogP contribution >= 0.6 is 0 Å². The molecule has 1 aromatic rings. The van der Waals surface area contributed by atoms with Crippen LogP contribution in [0.4, 0.5) is 4.39 Å². The third kappa shape index (κ3) is 3.40. The van der Waals surface area contributed by atoms with Crippen LogP contribution in [0.2, 0.25) is 0 Å². The van der Waals surface area contributed by atoms with Crippen LogP contribution in [0.5, 0.6) is 5.75 Å². The van der Waals surface area contributed by atoms with E-state index in [1.165, 1.54) is 10.4 Å². The van der Waals surface area contributed by atoms with Gasteiger partial charge >= 0.3 is 5.97 Å². The first-order valence-electron chi connectivity index (χ1n) is 6.11. The van der Waals surface area contributed by atoms with Crippen molar-refractivity contribution in [2.24, 2.45) is 0 Å². The van der Waals surface area contributed by atoms with E-state index in [0.29, 0.717) is 13.0 Å². The summed E-state index contributed by atoms with van der Waals surface area (Å²) in [6.07, 6.45) is 0.585. The molecule has 0 aromatic heterocycles. The lowest BCUT2D eigenvalue weighted by Gasteiger charge is -2.15. The van der Waals surface area contributed by atoms with E-state index in [4.69, 9.17) is 9.84 Å². The van der Waals surface area contributed by atoms with E-state index < -0.39 is 28.4 Å². The van der Waals surface area contributed by atoms with Gasteiger partial charge in [-0.15, -0.1) is 0 Å². The molecule has 8 heteroatoms. The quantitative estimate of drug-likeness (QED) is 0.827. The molecule has 1 aromatic carbocycles. The number of benzene rings is 1. The summed E-state index contributed by atoms with van der Waals surface area (Å²) in [7, 11) is -3.78. The van der Waals surface area contributed by atoms with Crippen LogP contribution in [0.15, 0.2) is 35.2 Å². The molecule has 1 aliphatic heterocycles. The van der Waals surface area contributed by atoms with Gasteiger partial charge in [0, 0.05) is 13.1 Å².